The second-order valence-corrected chi connectivity index (χ2v) is 1.40. The van der Waals surface area contributed by atoms with E-state index in [4.69, 9.17) is 9.84 Å². The first kappa shape index (κ1) is 8.62. The summed E-state index contributed by atoms with van der Waals surface area (Å²) in [6.07, 6.45) is 1.67. The van der Waals surface area contributed by atoms with E-state index in [9.17, 15) is 0 Å². The van der Waals surface area contributed by atoms with Crippen molar-refractivity contribution >= 4 is 0 Å². The van der Waals surface area contributed by atoms with E-state index in [2.05, 4.69) is 11.3 Å². The monoisotopic (exact) mass is 132 g/mol. The molecule has 9 heavy (non-hydrogen) atoms. The van der Waals surface area contributed by atoms with Crippen molar-refractivity contribution in [2.45, 2.75) is 0 Å². The van der Waals surface area contributed by atoms with Crippen molar-refractivity contribution in [3.63, 3.8) is 0 Å². The Morgan fingerprint density at radius 1 is 1.33 bits per heavy atom. The van der Waals surface area contributed by atoms with Crippen LogP contribution in [-0.2, 0) is 9.47 Å². The predicted molar refractivity (Wildman–Crippen MR) is 34.1 cm³/mol. The van der Waals surface area contributed by atoms with Crippen LogP contribution in [-0.4, -0.2) is 31.7 Å². The molecule has 54 valence electrons. The Labute approximate surface area is 54.9 Å². The molecule has 0 bridgehead atoms. The van der Waals surface area contributed by atoms with Crippen LogP contribution in [0.2, 0.25) is 0 Å². The standard InChI is InChI=1S/C6H12O3/c1-2-3-8-4-5-9-6-7/h2,7H,1,3-6H2. The van der Waals surface area contributed by atoms with Crippen LogP contribution in [0.4, 0.5) is 0 Å². The smallest absolute Gasteiger partial charge is 0.143 e. The fraction of sp³-hybridized carbons (Fsp3) is 0.667. The molecular formula is C6H12O3. The molecule has 0 saturated heterocycles. The van der Waals surface area contributed by atoms with Gasteiger partial charge in [-0.05, 0) is 0 Å². The Kier molecular flexibility index (Phi) is 7.30. The second-order valence-electron chi connectivity index (χ2n) is 1.40. The first-order valence-electron chi connectivity index (χ1n) is 2.79. The topological polar surface area (TPSA) is 38.7 Å². The molecule has 0 fully saturated rings. The summed E-state index contributed by atoms with van der Waals surface area (Å²) in [5.41, 5.74) is 0. The van der Waals surface area contributed by atoms with Crippen LogP contribution in [0.15, 0.2) is 12.7 Å². The molecule has 0 spiro atoms. The minimum atomic E-state index is -0.239. The van der Waals surface area contributed by atoms with Crippen molar-refractivity contribution in [1.82, 2.24) is 0 Å². The highest BCUT2D eigenvalue weighted by atomic mass is 16.6. The Hall–Kier alpha value is -0.380. The highest BCUT2D eigenvalue weighted by molar-refractivity contribution is 4.63. The van der Waals surface area contributed by atoms with E-state index < -0.39 is 0 Å². The van der Waals surface area contributed by atoms with Gasteiger partial charge in [-0.3, -0.25) is 0 Å². The first-order valence-corrected chi connectivity index (χ1v) is 2.79. The molecule has 0 unspecified atom stereocenters. The molecule has 0 saturated carbocycles. The van der Waals surface area contributed by atoms with Gasteiger partial charge in [0.25, 0.3) is 0 Å². The zero-order valence-corrected chi connectivity index (χ0v) is 5.38. The molecule has 0 aliphatic carbocycles. The summed E-state index contributed by atoms with van der Waals surface area (Å²) in [5.74, 6) is 0. The minimum Gasteiger partial charge on any atom is -0.375 e. The molecule has 1 N–H and O–H groups in total. The average Bonchev–Trinajstić information content (AvgIpc) is 1.89. The van der Waals surface area contributed by atoms with Gasteiger partial charge in [0.15, 0.2) is 0 Å². The summed E-state index contributed by atoms with van der Waals surface area (Å²) in [5, 5.41) is 8.12. The Balaban J connectivity index is 2.66. The predicted octanol–water partition coefficient (Wildman–Crippen LogP) is 0.155. The van der Waals surface area contributed by atoms with Gasteiger partial charge in [0, 0.05) is 0 Å². The van der Waals surface area contributed by atoms with E-state index in [0.717, 1.165) is 0 Å². The molecule has 0 aromatic heterocycles. The van der Waals surface area contributed by atoms with Crippen molar-refractivity contribution in [2.75, 3.05) is 26.6 Å². The third-order valence-corrected chi connectivity index (χ3v) is 0.699. The van der Waals surface area contributed by atoms with Gasteiger partial charge in [-0.1, -0.05) is 6.08 Å². The number of hydrogen-bond donors (Lipinski definition) is 1. The Morgan fingerprint density at radius 2 is 2.00 bits per heavy atom. The van der Waals surface area contributed by atoms with Crippen molar-refractivity contribution in [1.29, 1.82) is 0 Å². The van der Waals surface area contributed by atoms with Gasteiger partial charge < -0.3 is 14.6 Å². The zero-order chi connectivity index (χ0) is 6.95. The Bertz CT molecular complexity index is 63.3. The van der Waals surface area contributed by atoms with Gasteiger partial charge in [-0.2, -0.15) is 0 Å². The molecule has 0 radical (unpaired) electrons. The van der Waals surface area contributed by atoms with Crippen LogP contribution in [0.1, 0.15) is 0 Å². The third kappa shape index (κ3) is 7.62. The maximum absolute atomic E-state index is 8.12. The van der Waals surface area contributed by atoms with E-state index in [-0.39, 0.29) is 6.79 Å². The number of rotatable bonds is 6. The SMILES string of the molecule is C=CCOCCOCO. The highest BCUT2D eigenvalue weighted by Crippen LogP contribution is 1.76. The maximum atomic E-state index is 8.12. The maximum Gasteiger partial charge on any atom is 0.143 e. The molecule has 3 nitrogen and oxygen atoms in total. The van der Waals surface area contributed by atoms with Gasteiger partial charge in [0.1, 0.15) is 6.79 Å². The van der Waals surface area contributed by atoms with Gasteiger partial charge in [0.2, 0.25) is 0 Å². The van der Waals surface area contributed by atoms with E-state index in [1.165, 1.54) is 0 Å². The molecule has 0 atom stereocenters. The van der Waals surface area contributed by atoms with E-state index in [1.807, 2.05) is 0 Å². The molecule has 0 aromatic carbocycles. The van der Waals surface area contributed by atoms with Gasteiger partial charge >= 0.3 is 0 Å². The highest BCUT2D eigenvalue weighted by Gasteiger charge is 1.82. The lowest BCUT2D eigenvalue weighted by Crippen LogP contribution is -2.04. The summed E-state index contributed by atoms with van der Waals surface area (Å²) in [4.78, 5) is 0. The summed E-state index contributed by atoms with van der Waals surface area (Å²) < 4.78 is 9.51. The first-order chi connectivity index (χ1) is 4.41. The van der Waals surface area contributed by atoms with Crippen LogP contribution in [0.25, 0.3) is 0 Å². The molecule has 0 aliphatic heterocycles. The quantitative estimate of drug-likeness (QED) is 0.318. The van der Waals surface area contributed by atoms with Crippen molar-refractivity contribution < 1.29 is 14.6 Å². The lowest BCUT2D eigenvalue weighted by atomic mass is 10.7. The number of hydrogen-bond acceptors (Lipinski definition) is 3. The molecule has 0 heterocycles. The fourth-order valence-electron chi connectivity index (χ4n) is 0.349. The van der Waals surface area contributed by atoms with Crippen LogP contribution < -0.4 is 0 Å². The van der Waals surface area contributed by atoms with E-state index in [0.29, 0.717) is 19.8 Å². The average molecular weight is 132 g/mol. The van der Waals surface area contributed by atoms with Gasteiger partial charge in [-0.25, -0.2) is 0 Å². The molecule has 0 aromatic rings. The van der Waals surface area contributed by atoms with Crippen LogP contribution >= 0.6 is 0 Å². The lowest BCUT2D eigenvalue weighted by molar-refractivity contribution is -0.0258. The zero-order valence-electron chi connectivity index (χ0n) is 5.38. The minimum absolute atomic E-state index is 0.239. The Morgan fingerprint density at radius 3 is 2.56 bits per heavy atom. The molecular weight excluding hydrogens is 120 g/mol. The van der Waals surface area contributed by atoms with Crippen molar-refractivity contribution in [3.05, 3.63) is 12.7 Å². The van der Waals surface area contributed by atoms with E-state index >= 15 is 0 Å². The van der Waals surface area contributed by atoms with Crippen molar-refractivity contribution in [2.24, 2.45) is 0 Å². The molecule has 0 aliphatic rings. The second kappa shape index (κ2) is 7.62. The van der Waals surface area contributed by atoms with Gasteiger partial charge in [-0.15, -0.1) is 6.58 Å². The summed E-state index contributed by atoms with van der Waals surface area (Å²) in [7, 11) is 0. The summed E-state index contributed by atoms with van der Waals surface area (Å²) >= 11 is 0. The number of aliphatic hydroxyl groups excluding tert-OH is 1. The van der Waals surface area contributed by atoms with E-state index in [1.54, 1.807) is 6.08 Å². The number of aliphatic hydroxyl groups is 1. The summed E-state index contributed by atoms with van der Waals surface area (Å²) in [6.45, 7) is 4.70. The molecule has 3 heteroatoms. The molecule has 0 amide bonds. The normalized spacial score (nSPS) is 9.44. The third-order valence-electron chi connectivity index (χ3n) is 0.699. The summed E-state index contributed by atoms with van der Waals surface area (Å²) in [6, 6.07) is 0. The van der Waals surface area contributed by atoms with Gasteiger partial charge in [0.05, 0.1) is 19.8 Å². The lowest BCUT2D eigenvalue weighted by Gasteiger charge is -1.99. The molecule has 0 rings (SSSR count). The van der Waals surface area contributed by atoms with Crippen molar-refractivity contribution in [3.8, 4) is 0 Å². The van der Waals surface area contributed by atoms with Crippen LogP contribution in [0, 0.1) is 0 Å². The number of ether oxygens (including phenoxy) is 2. The fourth-order valence-corrected chi connectivity index (χ4v) is 0.349. The largest absolute Gasteiger partial charge is 0.375 e. The van der Waals surface area contributed by atoms with Crippen LogP contribution in [0.5, 0.6) is 0 Å². The van der Waals surface area contributed by atoms with Crippen LogP contribution in [0.3, 0.4) is 0 Å².